The van der Waals surface area contributed by atoms with E-state index in [0.717, 1.165) is 48.7 Å². The van der Waals surface area contributed by atoms with Crippen LogP contribution < -0.4 is 5.32 Å². The quantitative estimate of drug-likeness (QED) is 0.276. The zero-order valence-corrected chi connectivity index (χ0v) is 20.4. The van der Waals surface area contributed by atoms with Crippen molar-refractivity contribution in [1.29, 1.82) is 0 Å². The molecular weight excluding hydrogens is 510 g/mol. The second-order valence-corrected chi connectivity index (χ2v) is 9.50. The van der Waals surface area contributed by atoms with E-state index in [1.54, 1.807) is 0 Å². The van der Waals surface area contributed by atoms with Gasteiger partial charge in [0, 0.05) is 30.3 Å². The lowest BCUT2D eigenvalue weighted by molar-refractivity contribution is -0.142. The van der Waals surface area contributed by atoms with Gasteiger partial charge in [0.15, 0.2) is 5.69 Å². The summed E-state index contributed by atoms with van der Waals surface area (Å²) in [5, 5.41) is 13.9. The Morgan fingerprint density at radius 2 is 1.58 bits per heavy atom. The van der Waals surface area contributed by atoms with Crippen LogP contribution in [0.3, 0.4) is 0 Å². The van der Waals surface area contributed by atoms with Crippen LogP contribution in [0.4, 0.5) is 26.3 Å². The molecule has 204 valence electrons. The number of alkyl halides is 6. The van der Waals surface area contributed by atoms with Crippen molar-refractivity contribution in [2.24, 2.45) is 5.92 Å². The molecule has 10 heteroatoms. The number of hydrogen-bond donors (Lipinski definition) is 2. The molecule has 0 spiro atoms. The van der Waals surface area contributed by atoms with E-state index in [4.69, 9.17) is 4.74 Å². The molecule has 38 heavy (non-hydrogen) atoms. The average Bonchev–Trinajstić information content (AvgIpc) is 3.71. The minimum Gasteiger partial charge on any atom is -0.387 e. The predicted octanol–water partition coefficient (Wildman–Crippen LogP) is 6.45. The number of aromatic nitrogens is 1. The van der Waals surface area contributed by atoms with E-state index in [9.17, 15) is 31.4 Å². The Hall–Kier alpha value is -2.95. The summed E-state index contributed by atoms with van der Waals surface area (Å²) < 4.78 is 86.0. The summed E-state index contributed by atoms with van der Waals surface area (Å²) in [5.41, 5.74) is -1.65. The van der Waals surface area contributed by atoms with Crippen molar-refractivity contribution in [2.45, 2.75) is 43.8 Å². The number of halogens is 6. The molecule has 3 aromatic rings. The van der Waals surface area contributed by atoms with Crippen LogP contribution in [0.1, 0.15) is 41.3 Å². The van der Waals surface area contributed by atoms with E-state index in [-0.39, 0.29) is 23.8 Å². The summed E-state index contributed by atoms with van der Waals surface area (Å²) in [7, 11) is 0. The standard InChI is InChI=1S/C28H28F6N2O2/c29-27(30,31)21-10-8-20(9-11-21)24-13-12-23(26(36-24)28(32,33)34)25(37)15-35-22(17-38-16-19-6-7-19)14-18-4-2-1-3-5-18/h1-5,8-13,19,22,25,35,37H,6-7,14-17H2. The normalized spacial score (nSPS) is 15.9. The van der Waals surface area contributed by atoms with E-state index < -0.39 is 35.3 Å². The molecule has 4 nitrogen and oxygen atoms in total. The Balaban J connectivity index is 1.49. The third-order valence-electron chi connectivity index (χ3n) is 6.36. The Morgan fingerprint density at radius 3 is 2.18 bits per heavy atom. The van der Waals surface area contributed by atoms with Gasteiger partial charge in [-0.2, -0.15) is 26.3 Å². The predicted molar refractivity (Wildman–Crippen MR) is 130 cm³/mol. The first kappa shape index (κ1) is 28.1. The second-order valence-electron chi connectivity index (χ2n) is 9.50. The zero-order chi connectivity index (χ0) is 27.3. The van der Waals surface area contributed by atoms with Gasteiger partial charge in [0.2, 0.25) is 0 Å². The Labute approximate surface area is 216 Å². The van der Waals surface area contributed by atoms with Crippen molar-refractivity contribution in [1.82, 2.24) is 10.3 Å². The molecule has 4 rings (SSSR count). The van der Waals surface area contributed by atoms with Crippen molar-refractivity contribution in [3.8, 4) is 11.3 Å². The molecule has 0 aliphatic heterocycles. The lowest BCUT2D eigenvalue weighted by Crippen LogP contribution is -2.38. The fraction of sp³-hybridized carbons (Fsp3) is 0.393. The molecular formula is C28H28F6N2O2. The molecule has 2 atom stereocenters. The molecule has 1 aliphatic rings. The van der Waals surface area contributed by atoms with E-state index in [1.165, 1.54) is 6.07 Å². The van der Waals surface area contributed by atoms with E-state index in [0.29, 0.717) is 25.6 Å². The largest absolute Gasteiger partial charge is 0.433 e. The molecule has 1 fully saturated rings. The van der Waals surface area contributed by atoms with Gasteiger partial charge in [0.05, 0.1) is 24.0 Å². The summed E-state index contributed by atoms with van der Waals surface area (Å²) in [5.74, 6) is 0.557. The summed E-state index contributed by atoms with van der Waals surface area (Å²) in [6, 6.07) is 15.4. The van der Waals surface area contributed by atoms with E-state index in [1.807, 2.05) is 30.3 Å². The second kappa shape index (κ2) is 11.8. The van der Waals surface area contributed by atoms with Crippen LogP contribution in [-0.4, -0.2) is 35.9 Å². The molecule has 0 bridgehead atoms. The number of hydrogen-bond acceptors (Lipinski definition) is 4. The number of nitrogens with one attached hydrogen (secondary N) is 1. The maximum Gasteiger partial charge on any atom is 0.433 e. The van der Waals surface area contributed by atoms with Crippen molar-refractivity contribution in [3.05, 3.63) is 89.1 Å². The first-order valence-electron chi connectivity index (χ1n) is 12.3. The van der Waals surface area contributed by atoms with Gasteiger partial charge in [-0.05, 0) is 48.9 Å². The van der Waals surface area contributed by atoms with Crippen molar-refractivity contribution >= 4 is 0 Å². The molecule has 0 radical (unpaired) electrons. The van der Waals surface area contributed by atoms with Crippen LogP contribution in [0.15, 0.2) is 66.7 Å². The van der Waals surface area contributed by atoms with Crippen LogP contribution in [-0.2, 0) is 23.5 Å². The molecule has 0 amide bonds. The third-order valence-corrected chi connectivity index (χ3v) is 6.36. The van der Waals surface area contributed by atoms with Crippen LogP contribution in [0.2, 0.25) is 0 Å². The highest BCUT2D eigenvalue weighted by Crippen LogP contribution is 2.36. The van der Waals surface area contributed by atoms with Gasteiger partial charge in [0.25, 0.3) is 0 Å². The maximum absolute atomic E-state index is 13.9. The van der Waals surface area contributed by atoms with Gasteiger partial charge in [-0.1, -0.05) is 48.5 Å². The van der Waals surface area contributed by atoms with Crippen LogP contribution in [0.5, 0.6) is 0 Å². The molecule has 2 N–H and O–H groups in total. The molecule has 0 saturated heterocycles. The monoisotopic (exact) mass is 538 g/mol. The number of aliphatic hydroxyl groups is 1. The lowest BCUT2D eigenvalue weighted by Gasteiger charge is -2.23. The summed E-state index contributed by atoms with van der Waals surface area (Å²) in [6.45, 7) is 0.799. The topological polar surface area (TPSA) is 54.4 Å². The van der Waals surface area contributed by atoms with Gasteiger partial charge in [-0.3, -0.25) is 0 Å². The highest BCUT2D eigenvalue weighted by Gasteiger charge is 2.37. The minimum absolute atomic E-state index is 0.0957. The highest BCUT2D eigenvalue weighted by molar-refractivity contribution is 5.60. The van der Waals surface area contributed by atoms with E-state index >= 15 is 0 Å². The maximum atomic E-state index is 13.9. The molecule has 1 heterocycles. The molecule has 2 aromatic carbocycles. The number of pyridine rings is 1. The molecule has 1 saturated carbocycles. The Kier molecular flexibility index (Phi) is 8.74. The molecule has 2 unspecified atom stereocenters. The first-order chi connectivity index (χ1) is 18.0. The van der Waals surface area contributed by atoms with Gasteiger partial charge in [-0.25, -0.2) is 4.98 Å². The van der Waals surface area contributed by atoms with Gasteiger partial charge in [-0.15, -0.1) is 0 Å². The summed E-state index contributed by atoms with van der Waals surface area (Å²) in [4.78, 5) is 3.68. The lowest BCUT2D eigenvalue weighted by atomic mass is 10.0. The van der Waals surface area contributed by atoms with Crippen LogP contribution in [0.25, 0.3) is 11.3 Å². The van der Waals surface area contributed by atoms with Crippen LogP contribution in [0, 0.1) is 5.92 Å². The van der Waals surface area contributed by atoms with E-state index in [2.05, 4.69) is 10.3 Å². The Morgan fingerprint density at radius 1 is 0.895 bits per heavy atom. The van der Waals surface area contributed by atoms with Crippen molar-refractivity contribution in [2.75, 3.05) is 19.8 Å². The Bertz CT molecular complexity index is 1180. The fourth-order valence-electron chi connectivity index (χ4n) is 4.09. The average molecular weight is 539 g/mol. The number of benzene rings is 2. The SMILES string of the molecule is OC(CNC(COCC1CC1)Cc1ccccc1)c1ccc(-c2ccc(C(F)(F)F)cc2)nc1C(F)(F)F. The zero-order valence-electron chi connectivity index (χ0n) is 20.4. The minimum atomic E-state index is -4.88. The summed E-state index contributed by atoms with van der Waals surface area (Å²) in [6.07, 6.45) is -8.14. The van der Waals surface area contributed by atoms with Gasteiger partial charge >= 0.3 is 12.4 Å². The van der Waals surface area contributed by atoms with Crippen LogP contribution >= 0.6 is 0 Å². The third kappa shape index (κ3) is 7.78. The number of nitrogens with zero attached hydrogens (tertiary/aromatic N) is 1. The first-order valence-corrected chi connectivity index (χ1v) is 12.3. The number of aliphatic hydroxyl groups excluding tert-OH is 1. The number of ether oxygens (including phenoxy) is 1. The van der Waals surface area contributed by atoms with Crippen molar-refractivity contribution < 1.29 is 36.2 Å². The fourth-order valence-corrected chi connectivity index (χ4v) is 4.09. The van der Waals surface area contributed by atoms with Gasteiger partial charge < -0.3 is 15.2 Å². The molecule has 1 aromatic heterocycles. The highest BCUT2D eigenvalue weighted by atomic mass is 19.4. The molecule has 1 aliphatic carbocycles. The van der Waals surface area contributed by atoms with Crippen molar-refractivity contribution in [3.63, 3.8) is 0 Å². The summed E-state index contributed by atoms with van der Waals surface area (Å²) >= 11 is 0. The number of rotatable bonds is 11. The smallest absolute Gasteiger partial charge is 0.387 e. The van der Waals surface area contributed by atoms with Gasteiger partial charge in [0.1, 0.15) is 0 Å².